The number of nitrogens with zero attached hydrogens (tertiary/aromatic N) is 1. The Morgan fingerprint density at radius 2 is 1.71 bits per heavy atom. The molecule has 0 saturated carbocycles. The average Bonchev–Trinajstić information content (AvgIpc) is 3.35. The highest BCUT2D eigenvalue weighted by molar-refractivity contribution is 6.31. The standard InChI is InChI=1S/C25H17ClN2O7/c26-17-8-11-22(34-19-4-2-1-3-5-19)20(14-17)27-24(29)15-33-25(30)23-13-12-21(35-23)16-6-9-18(10-7-16)28(31)32/h1-14H,15H2,(H,27,29). The lowest BCUT2D eigenvalue weighted by atomic mass is 10.1. The maximum atomic E-state index is 12.4. The van der Waals surface area contributed by atoms with E-state index in [-0.39, 0.29) is 11.4 Å². The van der Waals surface area contributed by atoms with Crippen molar-refractivity contribution in [3.05, 3.63) is 106 Å². The maximum Gasteiger partial charge on any atom is 0.374 e. The summed E-state index contributed by atoms with van der Waals surface area (Å²) in [7, 11) is 0. The van der Waals surface area contributed by atoms with Gasteiger partial charge >= 0.3 is 5.97 Å². The molecule has 0 bridgehead atoms. The highest BCUT2D eigenvalue weighted by Crippen LogP contribution is 2.32. The summed E-state index contributed by atoms with van der Waals surface area (Å²) in [5.74, 6) is -0.335. The minimum atomic E-state index is -0.847. The molecule has 4 aromatic rings. The van der Waals surface area contributed by atoms with E-state index in [2.05, 4.69) is 5.32 Å². The number of esters is 1. The number of anilines is 1. The highest BCUT2D eigenvalue weighted by atomic mass is 35.5. The van der Waals surface area contributed by atoms with E-state index in [1.807, 2.05) is 18.2 Å². The Balaban J connectivity index is 1.37. The van der Waals surface area contributed by atoms with Gasteiger partial charge < -0.3 is 19.2 Å². The molecule has 0 atom stereocenters. The van der Waals surface area contributed by atoms with Gasteiger partial charge in [-0.2, -0.15) is 0 Å². The van der Waals surface area contributed by atoms with E-state index in [0.717, 1.165) is 0 Å². The molecular weight excluding hydrogens is 476 g/mol. The van der Waals surface area contributed by atoms with Gasteiger partial charge in [-0.1, -0.05) is 29.8 Å². The smallest absolute Gasteiger partial charge is 0.374 e. The summed E-state index contributed by atoms with van der Waals surface area (Å²) in [6.07, 6.45) is 0. The van der Waals surface area contributed by atoms with Gasteiger partial charge in [0, 0.05) is 22.7 Å². The summed E-state index contributed by atoms with van der Waals surface area (Å²) >= 11 is 6.05. The molecule has 35 heavy (non-hydrogen) atoms. The Bertz CT molecular complexity index is 1370. The van der Waals surface area contributed by atoms with Crippen LogP contribution in [0.4, 0.5) is 11.4 Å². The molecule has 9 nitrogen and oxygen atoms in total. The van der Waals surface area contributed by atoms with Crippen LogP contribution in [0.25, 0.3) is 11.3 Å². The van der Waals surface area contributed by atoms with Gasteiger partial charge in [0.25, 0.3) is 11.6 Å². The molecule has 0 saturated heterocycles. The molecule has 1 aromatic heterocycles. The lowest BCUT2D eigenvalue weighted by Gasteiger charge is -2.13. The summed E-state index contributed by atoms with van der Waals surface area (Å²) in [5.41, 5.74) is 0.781. The summed E-state index contributed by atoms with van der Waals surface area (Å²) < 4.78 is 16.3. The summed E-state index contributed by atoms with van der Waals surface area (Å²) in [6.45, 7) is -0.580. The monoisotopic (exact) mass is 492 g/mol. The first-order chi connectivity index (χ1) is 16.9. The molecule has 0 spiro atoms. The number of benzene rings is 3. The Hall–Kier alpha value is -4.63. The fourth-order valence-corrected chi connectivity index (χ4v) is 3.22. The zero-order valence-electron chi connectivity index (χ0n) is 18.0. The molecule has 1 amide bonds. The van der Waals surface area contributed by atoms with Crippen molar-refractivity contribution in [2.75, 3.05) is 11.9 Å². The number of halogens is 1. The summed E-state index contributed by atoms with van der Waals surface area (Å²) in [6, 6.07) is 22.3. The van der Waals surface area contributed by atoms with Crippen LogP contribution in [0.3, 0.4) is 0 Å². The number of hydrogen-bond donors (Lipinski definition) is 1. The number of amides is 1. The van der Waals surface area contributed by atoms with E-state index in [1.165, 1.54) is 42.5 Å². The number of nitro groups is 1. The third-order valence-corrected chi connectivity index (χ3v) is 4.93. The number of furan rings is 1. The van der Waals surface area contributed by atoms with E-state index in [0.29, 0.717) is 33.5 Å². The van der Waals surface area contributed by atoms with Crippen LogP contribution in [0.5, 0.6) is 11.5 Å². The molecular formula is C25H17ClN2O7. The topological polar surface area (TPSA) is 121 Å². The molecule has 0 aliphatic carbocycles. The van der Waals surface area contributed by atoms with Crippen molar-refractivity contribution in [2.45, 2.75) is 0 Å². The predicted molar refractivity (Wildman–Crippen MR) is 128 cm³/mol. The number of carbonyl (C=O) groups is 2. The molecule has 0 fully saturated rings. The van der Waals surface area contributed by atoms with E-state index < -0.39 is 23.4 Å². The third-order valence-electron chi connectivity index (χ3n) is 4.69. The van der Waals surface area contributed by atoms with E-state index in [9.17, 15) is 19.7 Å². The number of carbonyl (C=O) groups excluding carboxylic acids is 2. The van der Waals surface area contributed by atoms with Crippen molar-refractivity contribution in [1.82, 2.24) is 0 Å². The molecule has 0 aliphatic heterocycles. The second kappa shape index (κ2) is 10.5. The Labute approximate surface area is 204 Å². The van der Waals surface area contributed by atoms with Gasteiger partial charge in [0.05, 0.1) is 10.6 Å². The average molecular weight is 493 g/mol. The first-order valence-corrected chi connectivity index (χ1v) is 10.6. The minimum Gasteiger partial charge on any atom is -0.455 e. The SMILES string of the molecule is O=C(COC(=O)c1ccc(-c2ccc([N+](=O)[O-])cc2)o1)Nc1cc(Cl)ccc1Oc1ccccc1. The number of ether oxygens (including phenoxy) is 2. The van der Waals surface area contributed by atoms with E-state index in [1.54, 1.807) is 24.3 Å². The van der Waals surface area contributed by atoms with Crippen molar-refractivity contribution >= 4 is 34.9 Å². The van der Waals surface area contributed by atoms with Crippen molar-refractivity contribution < 1.29 is 28.4 Å². The van der Waals surface area contributed by atoms with Crippen LogP contribution < -0.4 is 10.1 Å². The first kappa shape index (κ1) is 23.5. The summed E-state index contributed by atoms with van der Waals surface area (Å²) in [4.78, 5) is 35.0. The minimum absolute atomic E-state index is 0.0667. The van der Waals surface area contributed by atoms with Crippen LogP contribution in [0.1, 0.15) is 10.6 Å². The molecule has 1 N–H and O–H groups in total. The Morgan fingerprint density at radius 1 is 0.971 bits per heavy atom. The molecule has 0 aliphatic rings. The molecule has 0 radical (unpaired) electrons. The number of hydrogen-bond acceptors (Lipinski definition) is 7. The largest absolute Gasteiger partial charge is 0.455 e. The predicted octanol–water partition coefficient (Wildman–Crippen LogP) is 6.10. The lowest BCUT2D eigenvalue weighted by molar-refractivity contribution is -0.384. The van der Waals surface area contributed by atoms with Crippen LogP contribution in [-0.4, -0.2) is 23.4 Å². The van der Waals surface area contributed by atoms with E-state index >= 15 is 0 Å². The third kappa shape index (κ3) is 6.04. The van der Waals surface area contributed by atoms with Gasteiger partial charge in [-0.25, -0.2) is 4.79 Å². The second-order valence-corrected chi connectivity index (χ2v) is 7.58. The second-order valence-electron chi connectivity index (χ2n) is 7.15. The number of para-hydroxylation sites is 1. The zero-order valence-corrected chi connectivity index (χ0v) is 18.7. The van der Waals surface area contributed by atoms with E-state index in [4.69, 9.17) is 25.5 Å². The highest BCUT2D eigenvalue weighted by Gasteiger charge is 2.17. The molecule has 4 rings (SSSR count). The molecule has 0 unspecified atom stereocenters. The molecule has 1 heterocycles. The van der Waals surface area contributed by atoms with Crippen LogP contribution in [0, 0.1) is 10.1 Å². The Morgan fingerprint density at radius 3 is 2.43 bits per heavy atom. The van der Waals surface area contributed by atoms with Gasteiger partial charge in [-0.15, -0.1) is 0 Å². The van der Waals surface area contributed by atoms with Crippen LogP contribution in [0.15, 0.2) is 89.3 Å². The fourth-order valence-electron chi connectivity index (χ4n) is 3.04. The van der Waals surface area contributed by atoms with Crippen molar-refractivity contribution in [1.29, 1.82) is 0 Å². The molecule has 10 heteroatoms. The maximum absolute atomic E-state index is 12.4. The number of nitrogens with one attached hydrogen (secondary N) is 1. The van der Waals surface area contributed by atoms with Crippen molar-refractivity contribution in [3.63, 3.8) is 0 Å². The molecule has 176 valence electrons. The normalized spacial score (nSPS) is 10.4. The van der Waals surface area contributed by atoms with Crippen molar-refractivity contribution in [2.24, 2.45) is 0 Å². The van der Waals surface area contributed by atoms with Gasteiger partial charge in [0.1, 0.15) is 11.5 Å². The van der Waals surface area contributed by atoms with Crippen LogP contribution in [-0.2, 0) is 9.53 Å². The number of nitro benzene ring substituents is 1. The fraction of sp³-hybridized carbons (Fsp3) is 0.0400. The van der Waals surface area contributed by atoms with Gasteiger partial charge in [0.15, 0.2) is 12.4 Å². The lowest BCUT2D eigenvalue weighted by Crippen LogP contribution is -2.21. The van der Waals surface area contributed by atoms with Crippen LogP contribution >= 0.6 is 11.6 Å². The van der Waals surface area contributed by atoms with Gasteiger partial charge in [-0.3, -0.25) is 14.9 Å². The van der Waals surface area contributed by atoms with Crippen molar-refractivity contribution in [3.8, 4) is 22.8 Å². The van der Waals surface area contributed by atoms with Crippen LogP contribution in [0.2, 0.25) is 5.02 Å². The number of rotatable bonds is 8. The number of non-ortho nitro benzene ring substituents is 1. The zero-order chi connectivity index (χ0) is 24.8. The van der Waals surface area contributed by atoms with Gasteiger partial charge in [-0.05, 0) is 54.6 Å². The first-order valence-electron chi connectivity index (χ1n) is 10.2. The molecule has 3 aromatic carbocycles. The van der Waals surface area contributed by atoms with Gasteiger partial charge in [0.2, 0.25) is 5.76 Å². The Kier molecular flexibility index (Phi) is 7.08. The quantitative estimate of drug-likeness (QED) is 0.179. The summed E-state index contributed by atoms with van der Waals surface area (Å²) in [5, 5.41) is 13.8.